The Morgan fingerprint density at radius 3 is 2.58 bits per heavy atom. The number of hydrogen-bond donors (Lipinski definition) is 1. The molecular formula is C18H12F3NO2S2. The second-order valence-corrected chi connectivity index (χ2v) is 7.29. The zero-order valence-corrected chi connectivity index (χ0v) is 15.0. The summed E-state index contributed by atoms with van der Waals surface area (Å²) < 4.78 is 38.9. The van der Waals surface area contributed by atoms with Crippen LogP contribution in [0.4, 0.5) is 18.9 Å². The van der Waals surface area contributed by atoms with E-state index in [2.05, 4.69) is 0 Å². The van der Waals surface area contributed by atoms with Crippen molar-refractivity contribution in [1.29, 1.82) is 0 Å². The molecule has 0 atom stereocenters. The smallest absolute Gasteiger partial charge is 0.416 e. The first-order chi connectivity index (χ1) is 12.2. The van der Waals surface area contributed by atoms with Gasteiger partial charge in [-0.15, -0.1) is 0 Å². The summed E-state index contributed by atoms with van der Waals surface area (Å²) in [6.45, 7) is 1.74. The molecule has 0 radical (unpaired) electrons. The van der Waals surface area contributed by atoms with Gasteiger partial charge in [-0.05, 0) is 48.4 Å². The van der Waals surface area contributed by atoms with Crippen molar-refractivity contribution in [3.05, 3.63) is 64.1 Å². The van der Waals surface area contributed by atoms with E-state index >= 15 is 0 Å². The highest BCUT2D eigenvalue weighted by atomic mass is 32.2. The number of alkyl halides is 3. The van der Waals surface area contributed by atoms with E-state index in [4.69, 9.17) is 12.2 Å². The van der Waals surface area contributed by atoms with Crippen LogP contribution in [0.5, 0.6) is 5.75 Å². The lowest BCUT2D eigenvalue weighted by Gasteiger charge is -2.16. The van der Waals surface area contributed by atoms with Gasteiger partial charge in [0.1, 0.15) is 5.75 Å². The third-order valence-electron chi connectivity index (χ3n) is 3.76. The summed E-state index contributed by atoms with van der Waals surface area (Å²) in [6.07, 6.45) is -2.96. The highest BCUT2D eigenvalue weighted by Crippen LogP contribution is 2.38. The van der Waals surface area contributed by atoms with Crippen LogP contribution in [0.25, 0.3) is 6.08 Å². The molecular weight excluding hydrogens is 383 g/mol. The second-order valence-electron chi connectivity index (χ2n) is 5.61. The molecule has 8 heteroatoms. The highest BCUT2D eigenvalue weighted by molar-refractivity contribution is 8.27. The standard InChI is InChI=1S/C18H12F3NO2S2/c1-10-5-6-11(7-14(10)23)8-15-16(24)22(17(25)26-15)13-4-2-3-12(9-13)18(19,20)21/h2-9,23H,1H3/b15-8-. The minimum atomic E-state index is -4.51. The maximum atomic E-state index is 12.9. The van der Waals surface area contributed by atoms with E-state index in [-0.39, 0.29) is 20.7 Å². The Morgan fingerprint density at radius 2 is 1.92 bits per heavy atom. The van der Waals surface area contributed by atoms with Gasteiger partial charge >= 0.3 is 6.18 Å². The number of aromatic hydroxyl groups is 1. The van der Waals surface area contributed by atoms with Crippen molar-refractivity contribution in [2.75, 3.05) is 4.90 Å². The van der Waals surface area contributed by atoms with Gasteiger partial charge in [0.2, 0.25) is 0 Å². The molecule has 3 nitrogen and oxygen atoms in total. The van der Waals surface area contributed by atoms with E-state index < -0.39 is 17.6 Å². The van der Waals surface area contributed by atoms with Crippen LogP contribution < -0.4 is 4.90 Å². The van der Waals surface area contributed by atoms with Crippen LogP contribution >= 0.6 is 24.0 Å². The first-order valence-corrected chi connectivity index (χ1v) is 8.64. The zero-order chi connectivity index (χ0) is 19.1. The molecule has 1 aliphatic heterocycles. The largest absolute Gasteiger partial charge is 0.508 e. The molecule has 0 aromatic heterocycles. The van der Waals surface area contributed by atoms with Crippen molar-refractivity contribution in [1.82, 2.24) is 0 Å². The van der Waals surface area contributed by atoms with E-state index in [0.29, 0.717) is 11.1 Å². The van der Waals surface area contributed by atoms with Gasteiger partial charge in [0.25, 0.3) is 5.91 Å². The van der Waals surface area contributed by atoms with E-state index in [1.807, 2.05) is 0 Å². The average Bonchev–Trinajstić information content (AvgIpc) is 2.84. The number of hydrogen-bond acceptors (Lipinski definition) is 4. The minimum Gasteiger partial charge on any atom is -0.508 e. The van der Waals surface area contributed by atoms with Crippen LogP contribution in [-0.4, -0.2) is 15.3 Å². The number of phenolic OH excluding ortho intramolecular Hbond substituents is 1. The third-order valence-corrected chi connectivity index (χ3v) is 5.06. The van der Waals surface area contributed by atoms with Gasteiger partial charge < -0.3 is 5.11 Å². The summed E-state index contributed by atoms with van der Waals surface area (Å²) in [5.74, 6) is -0.411. The molecule has 1 heterocycles. The normalized spacial score (nSPS) is 16.6. The lowest BCUT2D eigenvalue weighted by Crippen LogP contribution is -2.27. The van der Waals surface area contributed by atoms with Crippen LogP contribution in [-0.2, 0) is 11.0 Å². The number of anilines is 1. The summed E-state index contributed by atoms with van der Waals surface area (Å²) in [6, 6.07) is 9.41. The SMILES string of the molecule is Cc1ccc(/C=C2\SC(=S)N(c3cccc(C(F)(F)F)c3)C2=O)cc1O. The molecule has 1 saturated heterocycles. The summed E-state index contributed by atoms with van der Waals surface area (Å²) >= 11 is 6.17. The first-order valence-electron chi connectivity index (χ1n) is 7.41. The van der Waals surface area contributed by atoms with Crippen LogP contribution in [0.3, 0.4) is 0 Å². The predicted octanol–water partition coefficient (Wildman–Crippen LogP) is 5.13. The molecule has 1 aliphatic rings. The Morgan fingerprint density at radius 1 is 1.19 bits per heavy atom. The van der Waals surface area contributed by atoms with Gasteiger partial charge in [-0.25, -0.2) is 0 Å². The van der Waals surface area contributed by atoms with Gasteiger partial charge in [-0.1, -0.05) is 42.2 Å². The molecule has 2 aromatic carbocycles. The number of halogens is 3. The Balaban J connectivity index is 1.94. The van der Waals surface area contributed by atoms with Crippen LogP contribution in [0.1, 0.15) is 16.7 Å². The Bertz CT molecular complexity index is 938. The average molecular weight is 395 g/mol. The quantitative estimate of drug-likeness (QED) is 0.566. The van der Waals surface area contributed by atoms with Crippen molar-refractivity contribution in [3.8, 4) is 5.75 Å². The van der Waals surface area contributed by atoms with Crippen molar-refractivity contribution < 1.29 is 23.1 Å². The molecule has 0 bridgehead atoms. The van der Waals surface area contributed by atoms with Crippen molar-refractivity contribution in [2.24, 2.45) is 0 Å². The molecule has 1 N–H and O–H groups in total. The Labute approximate surface area is 157 Å². The number of phenols is 1. The molecule has 2 aromatic rings. The van der Waals surface area contributed by atoms with Crippen LogP contribution in [0, 0.1) is 6.92 Å². The Kier molecular flexibility index (Phi) is 4.81. The van der Waals surface area contributed by atoms with E-state index in [9.17, 15) is 23.1 Å². The lowest BCUT2D eigenvalue weighted by molar-refractivity contribution is -0.137. The van der Waals surface area contributed by atoms with Crippen LogP contribution in [0.2, 0.25) is 0 Å². The maximum absolute atomic E-state index is 12.9. The lowest BCUT2D eigenvalue weighted by atomic mass is 10.1. The summed E-state index contributed by atoms with van der Waals surface area (Å²) in [4.78, 5) is 14.0. The second kappa shape index (κ2) is 6.77. The molecule has 134 valence electrons. The van der Waals surface area contributed by atoms with E-state index in [0.717, 1.165) is 28.8 Å². The number of carbonyl (C=O) groups is 1. The molecule has 1 fully saturated rings. The number of amides is 1. The number of thioether (sulfide) groups is 1. The summed E-state index contributed by atoms with van der Waals surface area (Å²) in [5, 5.41) is 9.76. The number of nitrogens with zero attached hydrogens (tertiary/aromatic N) is 1. The minimum absolute atomic E-state index is 0.0671. The van der Waals surface area contributed by atoms with Gasteiger partial charge in [0, 0.05) is 0 Å². The first kappa shape index (κ1) is 18.5. The molecule has 26 heavy (non-hydrogen) atoms. The fraction of sp³-hybridized carbons (Fsp3) is 0.111. The van der Waals surface area contributed by atoms with Gasteiger partial charge in [0.15, 0.2) is 4.32 Å². The fourth-order valence-electron chi connectivity index (χ4n) is 2.38. The number of carbonyl (C=O) groups excluding carboxylic acids is 1. The van der Waals surface area contributed by atoms with Gasteiger partial charge in [-0.3, -0.25) is 9.69 Å². The van der Waals surface area contributed by atoms with Gasteiger partial charge in [0.05, 0.1) is 16.2 Å². The number of rotatable bonds is 2. The topological polar surface area (TPSA) is 40.5 Å². The molecule has 0 saturated carbocycles. The number of aryl methyl sites for hydroxylation is 1. The van der Waals surface area contributed by atoms with Crippen molar-refractivity contribution in [2.45, 2.75) is 13.1 Å². The fourth-order valence-corrected chi connectivity index (χ4v) is 3.68. The molecule has 1 amide bonds. The third kappa shape index (κ3) is 3.61. The van der Waals surface area contributed by atoms with E-state index in [1.165, 1.54) is 18.2 Å². The molecule has 3 rings (SSSR count). The van der Waals surface area contributed by atoms with Crippen molar-refractivity contribution >= 4 is 46.0 Å². The monoisotopic (exact) mass is 395 g/mol. The van der Waals surface area contributed by atoms with Crippen LogP contribution in [0.15, 0.2) is 47.4 Å². The number of benzene rings is 2. The zero-order valence-electron chi connectivity index (χ0n) is 13.4. The summed E-state index contributed by atoms with van der Waals surface area (Å²) in [5.41, 5.74) is 0.505. The number of thiocarbonyl (C=S) groups is 1. The molecule has 0 unspecified atom stereocenters. The predicted molar refractivity (Wildman–Crippen MR) is 99.9 cm³/mol. The van der Waals surface area contributed by atoms with E-state index in [1.54, 1.807) is 25.1 Å². The highest BCUT2D eigenvalue weighted by Gasteiger charge is 2.36. The summed E-state index contributed by atoms with van der Waals surface area (Å²) in [7, 11) is 0. The maximum Gasteiger partial charge on any atom is 0.416 e. The van der Waals surface area contributed by atoms with Crippen molar-refractivity contribution in [3.63, 3.8) is 0 Å². The molecule has 0 aliphatic carbocycles. The Hall–Kier alpha value is -2.32. The molecule has 0 spiro atoms. The van der Waals surface area contributed by atoms with Gasteiger partial charge in [-0.2, -0.15) is 13.2 Å².